The van der Waals surface area contributed by atoms with E-state index in [4.69, 9.17) is 5.11 Å². The van der Waals surface area contributed by atoms with Crippen LogP contribution in [0.25, 0.3) is 0 Å². The number of hydrogen-bond donors (Lipinski definition) is 3. The van der Waals surface area contributed by atoms with Gasteiger partial charge in [-0.25, -0.2) is 4.79 Å². The van der Waals surface area contributed by atoms with Gasteiger partial charge in [-0.1, -0.05) is 41.5 Å². The Balaban J connectivity index is 2.34. The van der Waals surface area contributed by atoms with E-state index >= 15 is 0 Å². The second kappa shape index (κ2) is 5.62. The highest BCUT2D eigenvalue weighted by Gasteiger charge is 2.64. The molecule has 1 aliphatic rings. The number of carboxylic acid groups (broad SMARTS) is 1. The van der Waals surface area contributed by atoms with Crippen LogP contribution in [0.5, 0.6) is 0 Å². The van der Waals surface area contributed by atoms with Gasteiger partial charge in [0, 0.05) is 13.1 Å². The molecule has 0 spiro atoms. The molecule has 0 heterocycles. The van der Waals surface area contributed by atoms with Gasteiger partial charge in [0.1, 0.15) is 0 Å². The number of amides is 2. The van der Waals surface area contributed by atoms with Crippen LogP contribution in [0.2, 0.25) is 0 Å². The minimum Gasteiger partial charge on any atom is -0.481 e. The minimum absolute atomic E-state index is 0.00546. The minimum atomic E-state index is -0.871. The van der Waals surface area contributed by atoms with Crippen molar-refractivity contribution in [3.05, 3.63) is 0 Å². The first-order chi connectivity index (χ1) is 9.01. The standard InChI is InChI=1S/C15H28N2O3/c1-9(2)10(12(18)19)7-16-13(20)17-8-11-14(3,4)15(11,5)6/h9-11H,7-8H2,1-6H3,(H,18,19)(H2,16,17,20). The van der Waals surface area contributed by atoms with Crippen LogP contribution < -0.4 is 10.6 Å². The van der Waals surface area contributed by atoms with Crippen molar-refractivity contribution in [2.24, 2.45) is 28.6 Å². The molecule has 1 unspecified atom stereocenters. The van der Waals surface area contributed by atoms with E-state index in [0.29, 0.717) is 12.5 Å². The first-order valence-corrected chi connectivity index (χ1v) is 7.26. The summed E-state index contributed by atoms with van der Waals surface area (Å²) >= 11 is 0. The highest BCUT2D eigenvalue weighted by Crippen LogP contribution is 2.67. The van der Waals surface area contributed by atoms with Crippen LogP contribution in [-0.4, -0.2) is 30.2 Å². The maximum Gasteiger partial charge on any atom is 0.314 e. The van der Waals surface area contributed by atoms with E-state index in [1.165, 1.54) is 0 Å². The maximum atomic E-state index is 11.7. The molecule has 0 saturated heterocycles. The third-order valence-corrected chi connectivity index (χ3v) is 5.39. The van der Waals surface area contributed by atoms with Gasteiger partial charge in [-0.05, 0) is 22.7 Å². The van der Waals surface area contributed by atoms with Gasteiger partial charge in [-0.15, -0.1) is 0 Å². The Labute approximate surface area is 121 Å². The molecule has 1 saturated carbocycles. The lowest BCUT2D eigenvalue weighted by atomic mass is 9.96. The van der Waals surface area contributed by atoms with Crippen molar-refractivity contribution in [2.45, 2.75) is 41.5 Å². The van der Waals surface area contributed by atoms with Crippen molar-refractivity contribution in [2.75, 3.05) is 13.1 Å². The van der Waals surface area contributed by atoms with Crippen LogP contribution in [0, 0.1) is 28.6 Å². The molecule has 20 heavy (non-hydrogen) atoms. The van der Waals surface area contributed by atoms with E-state index in [-0.39, 0.29) is 29.3 Å². The molecule has 0 bridgehead atoms. The monoisotopic (exact) mass is 284 g/mol. The van der Waals surface area contributed by atoms with E-state index < -0.39 is 11.9 Å². The lowest BCUT2D eigenvalue weighted by Gasteiger charge is -2.17. The normalized spacial score (nSPS) is 21.4. The summed E-state index contributed by atoms with van der Waals surface area (Å²) in [6.45, 7) is 13.3. The van der Waals surface area contributed by atoms with Crippen molar-refractivity contribution < 1.29 is 14.7 Å². The van der Waals surface area contributed by atoms with Gasteiger partial charge >= 0.3 is 12.0 Å². The number of carboxylic acids is 1. The predicted octanol–water partition coefficient (Wildman–Crippen LogP) is 2.32. The average Bonchev–Trinajstić information content (AvgIpc) is 2.65. The average molecular weight is 284 g/mol. The van der Waals surface area contributed by atoms with Gasteiger partial charge in [0.15, 0.2) is 0 Å². The fraction of sp³-hybridized carbons (Fsp3) is 0.867. The van der Waals surface area contributed by atoms with Crippen molar-refractivity contribution in [1.82, 2.24) is 10.6 Å². The molecular formula is C15H28N2O3. The van der Waals surface area contributed by atoms with Gasteiger partial charge < -0.3 is 15.7 Å². The summed E-state index contributed by atoms with van der Waals surface area (Å²) < 4.78 is 0. The van der Waals surface area contributed by atoms with Crippen LogP contribution in [0.1, 0.15) is 41.5 Å². The second-order valence-corrected chi connectivity index (χ2v) is 7.28. The summed E-state index contributed by atoms with van der Waals surface area (Å²) in [5.74, 6) is -0.963. The molecule has 0 aromatic rings. The Kier molecular flexibility index (Phi) is 4.72. The number of aliphatic carboxylic acids is 1. The van der Waals surface area contributed by atoms with Crippen LogP contribution in [-0.2, 0) is 4.79 Å². The van der Waals surface area contributed by atoms with Crippen LogP contribution >= 0.6 is 0 Å². The number of nitrogens with one attached hydrogen (secondary N) is 2. The Morgan fingerprint density at radius 2 is 1.60 bits per heavy atom. The molecule has 3 N–H and O–H groups in total. The highest BCUT2D eigenvalue weighted by atomic mass is 16.4. The Hall–Kier alpha value is -1.26. The van der Waals surface area contributed by atoms with Crippen molar-refractivity contribution in [3.63, 3.8) is 0 Å². The summed E-state index contributed by atoms with van der Waals surface area (Å²) in [7, 11) is 0. The Morgan fingerprint density at radius 3 is 1.95 bits per heavy atom. The smallest absolute Gasteiger partial charge is 0.314 e. The van der Waals surface area contributed by atoms with E-state index in [1.54, 1.807) is 0 Å². The zero-order valence-corrected chi connectivity index (χ0v) is 13.4. The van der Waals surface area contributed by atoms with Crippen molar-refractivity contribution >= 4 is 12.0 Å². The van der Waals surface area contributed by atoms with Crippen LogP contribution in [0.4, 0.5) is 4.79 Å². The summed E-state index contributed by atoms with van der Waals surface area (Å²) in [5, 5.41) is 14.5. The molecule has 116 valence electrons. The fourth-order valence-corrected chi connectivity index (χ4v) is 2.91. The topological polar surface area (TPSA) is 78.4 Å². The van der Waals surface area contributed by atoms with E-state index in [0.717, 1.165) is 0 Å². The Morgan fingerprint density at radius 1 is 1.10 bits per heavy atom. The fourth-order valence-electron chi connectivity index (χ4n) is 2.91. The quantitative estimate of drug-likeness (QED) is 0.700. The van der Waals surface area contributed by atoms with Gasteiger partial charge in [0.25, 0.3) is 0 Å². The van der Waals surface area contributed by atoms with E-state index in [1.807, 2.05) is 13.8 Å². The maximum absolute atomic E-state index is 11.7. The largest absolute Gasteiger partial charge is 0.481 e. The number of carbonyl (C=O) groups excluding carboxylic acids is 1. The molecule has 1 fully saturated rings. The van der Waals surface area contributed by atoms with Crippen LogP contribution in [0.15, 0.2) is 0 Å². The zero-order chi connectivity index (χ0) is 15.7. The summed E-state index contributed by atoms with van der Waals surface area (Å²) in [6, 6.07) is -0.282. The number of rotatable bonds is 6. The second-order valence-electron chi connectivity index (χ2n) is 7.28. The molecule has 0 aliphatic heterocycles. The first kappa shape index (κ1) is 16.8. The van der Waals surface area contributed by atoms with Gasteiger partial charge in [0.05, 0.1) is 5.92 Å². The number of carbonyl (C=O) groups is 2. The lowest BCUT2D eigenvalue weighted by Crippen LogP contribution is -2.42. The molecule has 0 radical (unpaired) electrons. The molecule has 1 atom stereocenters. The molecule has 0 aromatic carbocycles. The summed E-state index contributed by atoms with van der Waals surface area (Å²) in [4.78, 5) is 22.8. The zero-order valence-electron chi connectivity index (χ0n) is 13.4. The lowest BCUT2D eigenvalue weighted by molar-refractivity contribution is -0.142. The van der Waals surface area contributed by atoms with Gasteiger partial charge in [-0.3, -0.25) is 4.79 Å². The highest BCUT2D eigenvalue weighted by molar-refractivity contribution is 5.76. The molecule has 5 heteroatoms. The number of urea groups is 1. The third-order valence-electron chi connectivity index (χ3n) is 5.39. The SMILES string of the molecule is CC(C)C(CNC(=O)NCC1C(C)(C)C1(C)C)C(=O)O. The van der Waals surface area contributed by atoms with E-state index in [9.17, 15) is 9.59 Å². The van der Waals surface area contributed by atoms with Gasteiger partial charge in [0.2, 0.25) is 0 Å². The van der Waals surface area contributed by atoms with Crippen molar-refractivity contribution in [3.8, 4) is 0 Å². The van der Waals surface area contributed by atoms with Crippen LogP contribution in [0.3, 0.4) is 0 Å². The molecule has 5 nitrogen and oxygen atoms in total. The molecule has 2 amide bonds. The summed E-state index contributed by atoms with van der Waals surface area (Å²) in [6.07, 6.45) is 0. The molecule has 1 aliphatic carbocycles. The Bertz CT molecular complexity index is 375. The van der Waals surface area contributed by atoms with Crippen molar-refractivity contribution in [1.29, 1.82) is 0 Å². The molecule has 0 aromatic heterocycles. The molecular weight excluding hydrogens is 256 g/mol. The first-order valence-electron chi connectivity index (χ1n) is 7.26. The summed E-state index contributed by atoms with van der Waals surface area (Å²) in [5.41, 5.74) is 0.476. The third kappa shape index (κ3) is 3.25. The number of hydrogen-bond acceptors (Lipinski definition) is 2. The predicted molar refractivity (Wildman–Crippen MR) is 78.4 cm³/mol. The molecule has 1 rings (SSSR count). The van der Waals surface area contributed by atoms with E-state index in [2.05, 4.69) is 38.3 Å². The van der Waals surface area contributed by atoms with Gasteiger partial charge in [-0.2, -0.15) is 0 Å².